The van der Waals surface area contributed by atoms with Gasteiger partial charge in [-0.2, -0.15) is 0 Å². The zero-order valence-corrected chi connectivity index (χ0v) is 16.5. The number of nitrogens with two attached hydrogens (primary N) is 1. The van der Waals surface area contributed by atoms with Gasteiger partial charge in [0.1, 0.15) is 0 Å². The van der Waals surface area contributed by atoms with Gasteiger partial charge in [-0.05, 0) is 37.5 Å². The van der Waals surface area contributed by atoms with Gasteiger partial charge in [-0.25, -0.2) is 0 Å². The highest BCUT2D eigenvalue weighted by Gasteiger charge is 2.30. The Labute approximate surface area is 167 Å². The highest BCUT2D eigenvalue weighted by Crippen LogP contribution is 2.29. The van der Waals surface area contributed by atoms with Crippen molar-refractivity contribution in [3.63, 3.8) is 0 Å². The van der Waals surface area contributed by atoms with E-state index < -0.39 is 5.91 Å². The molecule has 3 rings (SSSR count). The lowest BCUT2D eigenvalue weighted by Gasteiger charge is -2.41. The molecule has 1 heterocycles. The number of para-hydroxylation sites is 1. The van der Waals surface area contributed by atoms with Gasteiger partial charge in [0, 0.05) is 43.7 Å². The molecule has 0 radical (unpaired) electrons. The predicted molar refractivity (Wildman–Crippen MR) is 112 cm³/mol. The first-order chi connectivity index (χ1) is 13.6. The molecule has 1 saturated heterocycles. The molecule has 1 fully saturated rings. The minimum atomic E-state index is -0.437. The number of piperidine rings is 1. The maximum atomic E-state index is 12.9. The monoisotopic (exact) mass is 379 g/mol. The van der Waals surface area contributed by atoms with Crippen LogP contribution in [0.3, 0.4) is 0 Å². The Morgan fingerprint density at radius 2 is 1.57 bits per heavy atom. The zero-order chi connectivity index (χ0) is 19.9. The molecule has 28 heavy (non-hydrogen) atoms. The Balaban J connectivity index is 1.69. The molecule has 0 aliphatic carbocycles. The quantitative estimate of drug-likeness (QED) is 0.800. The fourth-order valence-electron chi connectivity index (χ4n) is 3.97. The highest BCUT2D eigenvalue weighted by atomic mass is 16.2. The van der Waals surface area contributed by atoms with E-state index in [0.29, 0.717) is 6.04 Å². The molecule has 0 bridgehead atoms. The molecule has 0 saturated carbocycles. The molecule has 1 aliphatic heterocycles. The number of likely N-dealkylation sites (tertiary alicyclic amines) is 1. The second kappa shape index (κ2) is 9.51. The fourth-order valence-corrected chi connectivity index (χ4v) is 3.97. The van der Waals surface area contributed by atoms with Gasteiger partial charge in [-0.15, -0.1) is 0 Å². The van der Waals surface area contributed by atoms with Crippen LogP contribution in [0.4, 0.5) is 5.69 Å². The van der Waals surface area contributed by atoms with Gasteiger partial charge in [0.2, 0.25) is 11.8 Å². The summed E-state index contributed by atoms with van der Waals surface area (Å²) in [7, 11) is 0. The molecule has 1 aliphatic rings. The summed E-state index contributed by atoms with van der Waals surface area (Å²) in [6.07, 6.45) is 2.07. The van der Waals surface area contributed by atoms with Gasteiger partial charge in [-0.1, -0.05) is 48.5 Å². The van der Waals surface area contributed by atoms with Crippen molar-refractivity contribution in [2.45, 2.75) is 44.7 Å². The molecule has 5 heteroatoms. The van der Waals surface area contributed by atoms with Crippen molar-refractivity contribution in [2.75, 3.05) is 18.0 Å². The van der Waals surface area contributed by atoms with Crippen LogP contribution in [0.1, 0.15) is 44.2 Å². The largest absolute Gasteiger partial charge is 0.370 e. The molecule has 2 amide bonds. The van der Waals surface area contributed by atoms with Gasteiger partial charge in [0.15, 0.2) is 0 Å². The second-order valence-corrected chi connectivity index (χ2v) is 7.42. The standard InChI is InChI=1S/C23H29N3O2/c1-18(19-8-4-2-5-9-19)25-16-14-21(15-17-25)26(20-10-6-3-7-11-20)23(28)13-12-22(24)27/h2-11,18,21H,12-17H2,1H3,(H2,24,27). The Kier molecular flexibility index (Phi) is 6.82. The molecule has 148 valence electrons. The molecule has 5 nitrogen and oxygen atoms in total. The van der Waals surface area contributed by atoms with E-state index in [-0.39, 0.29) is 24.8 Å². The summed E-state index contributed by atoms with van der Waals surface area (Å²) >= 11 is 0. The Bertz CT molecular complexity index is 771. The van der Waals surface area contributed by atoms with Crippen molar-refractivity contribution in [3.05, 3.63) is 66.2 Å². The summed E-state index contributed by atoms with van der Waals surface area (Å²) in [5, 5.41) is 0. The van der Waals surface area contributed by atoms with Gasteiger partial charge >= 0.3 is 0 Å². The van der Waals surface area contributed by atoms with E-state index in [1.54, 1.807) is 0 Å². The number of benzene rings is 2. The number of hydrogen-bond acceptors (Lipinski definition) is 3. The topological polar surface area (TPSA) is 66.6 Å². The van der Waals surface area contributed by atoms with Gasteiger partial charge in [0.05, 0.1) is 0 Å². The third-order valence-electron chi connectivity index (χ3n) is 5.58. The number of primary amides is 1. The molecule has 2 aromatic carbocycles. The van der Waals surface area contributed by atoms with Crippen LogP contribution in [0.2, 0.25) is 0 Å². The highest BCUT2D eigenvalue weighted by molar-refractivity contribution is 5.95. The summed E-state index contributed by atoms with van der Waals surface area (Å²) in [5.74, 6) is -0.465. The number of nitrogens with zero attached hydrogens (tertiary/aromatic N) is 2. The summed E-state index contributed by atoms with van der Waals surface area (Å²) in [4.78, 5) is 28.4. The van der Waals surface area contributed by atoms with Crippen LogP contribution < -0.4 is 10.6 Å². The van der Waals surface area contributed by atoms with Crippen molar-refractivity contribution < 1.29 is 9.59 Å². The van der Waals surface area contributed by atoms with Gasteiger partial charge < -0.3 is 10.6 Å². The molecular weight excluding hydrogens is 350 g/mol. The zero-order valence-electron chi connectivity index (χ0n) is 16.5. The number of anilines is 1. The Morgan fingerprint density at radius 1 is 1.00 bits per heavy atom. The third-order valence-corrected chi connectivity index (χ3v) is 5.58. The first-order valence-electron chi connectivity index (χ1n) is 10.0. The van der Waals surface area contributed by atoms with Crippen LogP contribution in [-0.4, -0.2) is 35.8 Å². The van der Waals surface area contributed by atoms with Crippen LogP contribution in [0, 0.1) is 0 Å². The Hall–Kier alpha value is -2.66. The predicted octanol–water partition coefficient (Wildman–Crippen LogP) is 3.51. The number of amides is 2. The number of rotatable bonds is 7. The lowest BCUT2D eigenvalue weighted by molar-refractivity contribution is -0.123. The molecular formula is C23H29N3O2. The van der Waals surface area contributed by atoms with Crippen molar-refractivity contribution in [3.8, 4) is 0 Å². The van der Waals surface area contributed by atoms with Gasteiger partial charge in [0.25, 0.3) is 0 Å². The minimum absolute atomic E-state index is 0.0282. The SMILES string of the molecule is CC(c1ccccc1)N1CCC(N(C(=O)CCC(N)=O)c2ccccc2)CC1. The van der Waals surface area contributed by atoms with Crippen molar-refractivity contribution in [1.82, 2.24) is 4.90 Å². The van der Waals surface area contributed by atoms with Crippen molar-refractivity contribution in [1.29, 1.82) is 0 Å². The van der Waals surface area contributed by atoms with E-state index in [2.05, 4.69) is 36.1 Å². The minimum Gasteiger partial charge on any atom is -0.370 e. The second-order valence-electron chi connectivity index (χ2n) is 7.42. The number of hydrogen-bond donors (Lipinski definition) is 1. The van der Waals surface area contributed by atoms with Crippen LogP contribution in [0.25, 0.3) is 0 Å². The summed E-state index contributed by atoms with van der Waals surface area (Å²) in [6.45, 7) is 4.11. The van der Waals surface area contributed by atoms with E-state index in [1.807, 2.05) is 41.3 Å². The summed E-state index contributed by atoms with van der Waals surface area (Å²) in [5.41, 5.74) is 7.46. The molecule has 0 spiro atoms. The lowest BCUT2D eigenvalue weighted by Crippen LogP contribution is -2.48. The molecule has 2 N–H and O–H groups in total. The first-order valence-corrected chi connectivity index (χ1v) is 10.0. The van der Waals surface area contributed by atoms with Crippen LogP contribution >= 0.6 is 0 Å². The maximum absolute atomic E-state index is 12.9. The number of carbonyl (C=O) groups excluding carboxylic acids is 2. The first kappa shape index (κ1) is 20.1. The maximum Gasteiger partial charge on any atom is 0.227 e. The average molecular weight is 380 g/mol. The van der Waals surface area contributed by atoms with Crippen molar-refractivity contribution in [2.24, 2.45) is 5.73 Å². The van der Waals surface area contributed by atoms with E-state index >= 15 is 0 Å². The van der Waals surface area contributed by atoms with Crippen LogP contribution in [-0.2, 0) is 9.59 Å². The van der Waals surface area contributed by atoms with Gasteiger partial charge in [-0.3, -0.25) is 14.5 Å². The smallest absolute Gasteiger partial charge is 0.227 e. The third kappa shape index (κ3) is 4.98. The normalized spacial score (nSPS) is 16.5. The van der Waals surface area contributed by atoms with Crippen LogP contribution in [0.15, 0.2) is 60.7 Å². The average Bonchev–Trinajstić information content (AvgIpc) is 2.74. The van der Waals surface area contributed by atoms with E-state index in [0.717, 1.165) is 31.6 Å². The summed E-state index contributed by atoms with van der Waals surface area (Å²) < 4.78 is 0. The fraction of sp³-hybridized carbons (Fsp3) is 0.391. The van der Waals surface area contributed by atoms with E-state index in [9.17, 15) is 9.59 Å². The number of carbonyl (C=O) groups is 2. The molecule has 2 aromatic rings. The van der Waals surface area contributed by atoms with E-state index in [1.165, 1.54) is 5.56 Å². The molecule has 1 unspecified atom stereocenters. The summed E-state index contributed by atoms with van der Waals surface area (Å²) in [6, 6.07) is 20.8. The molecule has 1 atom stereocenters. The van der Waals surface area contributed by atoms with Crippen LogP contribution in [0.5, 0.6) is 0 Å². The van der Waals surface area contributed by atoms with E-state index in [4.69, 9.17) is 5.73 Å². The lowest BCUT2D eigenvalue weighted by atomic mass is 9.98. The Morgan fingerprint density at radius 3 is 2.14 bits per heavy atom. The van der Waals surface area contributed by atoms with Crippen molar-refractivity contribution >= 4 is 17.5 Å². The molecule has 0 aromatic heterocycles.